The van der Waals surface area contributed by atoms with E-state index in [1.807, 2.05) is 0 Å². The van der Waals surface area contributed by atoms with Gasteiger partial charge in [0.15, 0.2) is 11.2 Å². The monoisotopic (exact) mass is 615 g/mol. The summed E-state index contributed by atoms with van der Waals surface area (Å²) in [5.74, 6) is -2.36. The average molecular weight is 616 g/mol. The zero-order valence-corrected chi connectivity index (χ0v) is 23.5. The van der Waals surface area contributed by atoms with Gasteiger partial charge in [-0.15, -0.1) is 0 Å². The number of aromatic amines is 1. The molecule has 0 radical (unpaired) electrons. The van der Waals surface area contributed by atoms with Gasteiger partial charge in [-0.3, -0.25) is 19.4 Å². The fourth-order valence-corrected chi connectivity index (χ4v) is 3.67. The number of aromatic nitrogens is 4. The van der Waals surface area contributed by atoms with E-state index in [2.05, 4.69) is 41.2 Å². The second kappa shape index (κ2) is 16.9. The maximum absolute atomic E-state index is 12.6. The number of carboxylic acids is 1. The Morgan fingerprint density at radius 3 is 2.30 bits per heavy atom. The number of nitrogens with zero attached hydrogens (tertiary/aromatic N) is 3. The van der Waals surface area contributed by atoms with Crippen molar-refractivity contribution in [1.82, 2.24) is 35.9 Å². The Bertz CT molecular complexity index is 1500. The number of carbonyl (C=O) groups excluding carboxylic acids is 2. The quantitative estimate of drug-likeness (QED) is 0.0821. The molecule has 3 aromatic rings. The normalized spacial score (nSPS) is 11.5. The number of nitrogen functional groups attached to an aromatic ring is 1. The molecule has 2 aromatic heterocycles. The van der Waals surface area contributed by atoms with Crippen LogP contribution in [0, 0.1) is 0 Å². The van der Waals surface area contributed by atoms with Crippen LogP contribution in [0.4, 0.5) is 16.4 Å². The molecule has 44 heavy (non-hydrogen) atoms. The molecular formula is C26H33N9O9. The van der Waals surface area contributed by atoms with Gasteiger partial charge in [0.1, 0.15) is 6.04 Å². The standard InChI is InChI=1S/C26H33N9O9/c27-25-34-21-20(23(38)35-25)32-17(14-31-21)13-30-16-3-1-15(2-4-16)22(37)33-18(24(39)40)5-6-19(36)28-7-9-43-11-12-44-10-8-29-26(41)42/h1-4,14,18,29-30H,5-13H2,(H,28,36)(H,33,37)(H,39,40)(H,41,42)(H3,27,31,34,35,38). The summed E-state index contributed by atoms with van der Waals surface area (Å²) in [7, 11) is 0. The molecule has 236 valence electrons. The molecule has 0 aliphatic heterocycles. The van der Waals surface area contributed by atoms with Gasteiger partial charge >= 0.3 is 12.1 Å². The average Bonchev–Trinajstić information content (AvgIpc) is 2.99. The minimum Gasteiger partial charge on any atom is -0.480 e. The summed E-state index contributed by atoms with van der Waals surface area (Å²) in [5.41, 5.74) is 6.48. The Kier molecular flexibility index (Phi) is 12.8. The first-order valence-electron chi connectivity index (χ1n) is 13.4. The van der Waals surface area contributed by atoms with Crippen LogP contribution in [-0.4, -0.2) is 99.6 Å². The minimum absolute atomic E-state index is 0.0496. The number of nitrogens with two attached hydrogens (primary N) is 1. The van der Waals surface area contributed by atoms with Crippen LogP contribution in [0.2, 0.25) is 0 Å². The highest BCUT2D eigenvalue weighted by Gasteiger charge is 2.21. The molecule has 0 bridgehead atoms. The van der Waals surface area contributed by atoms with E-state index in [0.29, 0.717) is 11.4 Å². The van der Waals surface area contributed by atoms with Crippen LogP contribution in [0.3, 0.4) is 0 Å². The second-order valence-corrected chi connectivity index (χ2v) is 9.13. The van der Waals surface area contributed by atoms with Crippen molar-refractivity contribution in [1.29, 1.82) is 0 Å². The summed E-state index contributed by atoms with van der Waals surface area (Å²) >= 11 is 0. The molecule has 3 amide bonds. The molecule has 1 atom stereocenters. The Balaban J connectivity index is 1.36. The molecule has 0 saturated heterocycles. The first kappa shape index (κ1) is 33.1. The van der Waals surface area contributed by atoms with Crippen molar-refractivity contribution in [2.24, 2.45) is 0 Å². The molecule has 9 N–H and O–H groups in total. The number of nitrogens with one attached hydrogen (secondary N) is 5. The van der Waals surface area contributed by atoms with Crippen LogP contribution in [0.25, 0.3) is 11.2 Å². The van der Waals surface area contributed by atoms with E-state index in [1.165, 1.54) is 18.3 Å². The third kappa shape index (κ3) is 11.1. The fraction of sp³-hybridized carbons (Fsp3) is 0.385. The Labute approximate surface area is 249 Å². The Morgan fingerprint density at radius 2 is 1.64 bits per heavy atom. The molecule has 2 heterocycles. The highest BCUT2D eigenvalue weighted by Crippen LogP contribution is 2.12. The second-order valence-electron chi connectivity index (χ2n) is 9.13. The third-order valence-corrected chi connectivity index (χ3v) is 5.83. The molecular weight excluding hydrogens is 582 g/mol. The fourth-order valence-electron chi connectivity index (χ4n) is 3.67. The van der Waals surface area contributed by atoms with Gasteiger partial charge in [-0.1, -0.05) is 0 Å². The van der Waals surface area contributed by atoms with Crippen molar-refractivity contribution in [3.8, 4) is 0 Å². The summed E-state index contributed by atoms with van der Waals surface area (Å²) in [6.45, 7) is 1.50. The van der Waals surface area contributed by atoms with Crippen molar-refractivity contribution >= 4 is 46.7 Å². The van der Waals surface area contributed by atoms with Gasteiger partial charge in [-0.05, 0) is 30.7 Å². The van der Waals surface area contributed by atoms with E-state index in [1.54, 1.807) is 12.1 Å². The zero-order chi connectivity index (χ0) is 31.9. The first-order chi connectivity index (χ1) is 21.1. The number of carboxylic acid groups (broad SMARTS) is 2. The number of fused-ring (bicyclic) bond motifs is 1. The lowest BCUT2D eigenvalue weighted by atomic mass is 10.1. The third-order valence-electron chi connectivity index (χ3n) is 5.83. The maximum Gasteiger partial charge on any atom is 0.404 e. The van der Waals surface area contributed by atoms with Crippen LogP contribution in [0.1, 0.15) is 28.9 Å². The number of anilines is 2. The number of amides is 3. The number of benzene rings is 1. The number of carbonyl (C=O) groups is 4. The van der Waals surface area contributed by atoms with Crippen LogP contribution in [0.15, 0.2) is 35.3 Å². The Hall–Kier alpha value is -5.36. The molecule has 0 spiro atoms. The molecule has 0 aliphatic rings. The van der Waals surface area contributed by atoms with Crippen LogP contribution in [-0.2, 0) is 25.6 Å². The molecule has 1 unspecified atom stereocenters. The smallest absolute Gasteiger partial charge is 0.404 e. The highest BCUT2D eigenvalue weighted by atomic mass is 16.5. The Morgan fingerprint density at radius 1 is 0.955 bits per heavy atom. The van der Waals surface area contributed by atoms with Crippen LogP contribution >= 0.6 is 0 Å². The van der Waals surface area contributed by atoms with Crippen LogP contribution < -0.4 is 32.6 Å². The SMILES string of the molecule is Nc1nc2ncc(CNc3ccc(C(=O)NC(CCC(=O)NCCOCCOCCNC(=O)O)C(=O)O)cc3)nc2c(=O)[nH]1. The van der Waals surface area contributed by atoms with Crippen molar-refractivity contribution in [3.63, 3.8) is 0 Å². The van der Waals surface area contributed by atoms with Gasteiger partial charge in [0.05, 0.1) is 44.9 Å². The number of hydrogen-bond acceptors (Lipinski definition) is 12. The lowest BCUT2D eigenvalue weighted by molar-refractivity contribution is -0.139. The van der Waals surface area contributed by atoms with Gasteiger partial charge in [0.2, 0.25) is 11.9 Å². The van der Waals surface area contributed by atoms with E-state index < -0.39 is 35.5 Å². The number of H-pyrrole nitrogens is 1. The molecule has 0 aliphatic carbocycles. The van der Waals surface area contributed by atoms with Crippen molar-refractivity contribution in [2.75, 3.05) is 50.6 Å². The first-order valence-corrected chi connectivity index (χ1v) is 13.4. The summed E-state index contributed by atoms with van der Waals surface area (Å²) in [6, 6.07) is 4.96. The topological polar surface area (TPSA) is 273 Å². The van der Waals surface area contributed by atoms with Gasteiger partial charge in [-0.25, -0.2) is 19.6 Å². The molecule has 0 fully saturated rings. The molecule has 0 saturated carbocycles. The number of hydrogen-bond donors (Lipinski definition) is 8. The highest BCUT2D eigenvalue weighted by molar-refractivity contribution is 5.97. The number of rotatable bonds is 18. The summed E-state index contributed by atoms with van der Waals surface area (Å²) in [4.78, 5) is 73.3. The predicted molar refractivity (Wildman–Crippen MR) is 155 cm³/mol. The van der Waals surface area contributed by atoms with E-state index in [0.717, 1.165) is 0 Å². The van der Waals surface area contributed by atoms with E-state index in [9.17, 15) is 29.1 Å². The summed E-state index contributed by atoms with van der Waals surface area (Å²) in [5, 5.41) is 28.2. The molecule has 3 rings (SSSR count). The molecule has 18 nitrogen and oxygen atoms in total. The van der Waals surface area contributed by atoms with Crippen LogP contribution in [0.5, 0.6) is 0 Å². The van der Waals surface area contributed by atoms with E-state index in [4.69, 9.17) is 20.3 Å². The number of ether oxygens (including phenoxy) is 2. The zero-order valence-electron chi connectivity index (χ0n) is 23.5. The van der Waals surface area contributed by atoms with E-state index in [-0.39, 0.29) is 81.6 Å². The predicted octanol–water partition coefficient (Wildman–Crippen LogP) is -0.712. The van der Waals surface area contributed by atoms with Crippen molar-refractivity contribution in [2.45, 2.75) is 25.4 Å². The minimum atomic E-state index is -1.28. The van der Waals surface area contributed by atoms with Gasteiger partial charge < -0.3 is 46.7 Å². The van der Waals surface area contributed by atoms with Crippen molar-refractivity contribution < 1.29 is 38.9 Å². The summed E-state index contributed by atoms with van der Waals surface area (Å²) < 4.78 is 10.5. The number of aliphatic carboxylic acids is 1. The molecule has 18 heteroatoms. The van der Waals surface area contributed by atoms with Gasteiger partial charge in [0, 0.05) is 30.8 Å². The van der Waals surface area contributed by atoms with Gasteiger partial charge in [0.25, 0.3) is 11.5 Å². The van der Waals surface area contributed by atoms with Gasteiger partial charge in [-0.2, -0.15) is 4.98 Å². The largest absolute Gasteiger partial charge is 0.480 e. The lowest BCUT2D eigenvalue weighted by Crippen LogP contribution is -2.41. The molecule has 1 aromatic carbocycles. The lowest BCUT2D eigenvalue weighted by Gasteiger charge is -2.15. The van der Waals surface area contributed by atoms with Crippen molar-refractivity contribution in [3.05, 3.63) is 52.1 Å². The maximum atomic E-state index is 12.6. The summed E-state index contributed by atoms with van der Waals surface area (Å²) in [6.07, 6.45) is 0.0693. The van der Waals surface area contributed by atoms with E-state index >= 15 is 0 Å².